The molecule has 0 bridgehead atoms. The van der Waals surface area contributed by atoms with Crippen LogP contribution in [0.25, 0.3) is 22.3 Å². The third-order valence-corrected chi connectivity index (χ3v) is 6.79. The molecule has 230 valence electrons. The minimum atomic E-state index is -3.67. The molecule has 0 saturated carbocycles. The molecule has 1 aliphatic rings. The van der Waals surface area contributed by atoms with Gasteiger partial charge in [0, 0.05) is 56.5 Å². The van der Waals surface area contributed by atoms with Crippen LogP contribution < -0.4 is 20.4 Å². The van der Waals surface area contributed by atoms with Gasteiger partial charge in [0.25, 0.3) is 10.1 Å². The van der Waals surface area contributed by atoms with Crippen molar-refractivity contribution >= 4 is 32.7 Å². The number of piperazine rings is 1. The fourth-order valence-corrected chi connectivity index (χ4v) is 4.81. The van der Waals surface area contributed by atoms with Gasteiger partial charge in [-0.3, -0.25) is 19.0 Å². The highest BCUT2D eigenvalue weighted by Gasteiger charge is 2.19. The number of hydrogen-bond acceptors (Lipinski definition) is 8. The molecule has 43 heavy (non-hydrogen) atoms. The van der Waals surface area contributed by atoms with Crippen LogP contribution in [0.3, 0.4) is 0 Å². The molecular formula is C31H37N3O8S. The molecule has 0 aliphatic carbocycles. The second kappa shape index (κ2) is 15.3. The van der Waals surface area contributed by atoms with Crippen LogP contribution in [0.2, 0.25) is 0 Å². The van der Waals surface area contributed by atoms with Crippen molar-refractivity contribution in [2.24, 2.45) is 0 Å². The highest BCUT2D eigenvalue weighted by atomic mass is 32.2. The van der Waals surface area contributed by atoms with Crippen molar-refractivity contribution in [1.29, 1.82) is 0 Å². The van der Waals surface area contributed by atoms with Gasteiger partial charge in [0.15, 0.2) is 5.43 Å². The first-order valence-corrected chi connectivity index (χ1v) is 15.4. The molecule has 2 heterocycles. The molecule has 1 saturated heterocycles. The Bertz CT molecular complexity index is 1660. The first-order chi connectivity index (χ1) is 20.1. The SMILES string of the molecule is COc1ccccc1N1CCN(CCNC(=O)Cc2cccc3c(=O)cc(-c4ccccc4)oc23)CC1.CS(=O)(=O)O.O. The van der Waals surface area contributed by atoms with Gasteiger partial charge in [-0.2, -0.15) is 8.42 Å². The van der Waals surface area contributed by atoms with Crippen molar-refractivity contribution in [3.05, 3.63) is 94.6 Å². The third kappa shape index (κ3) is 9.65. The lowest BCUT2D eigenvalue weighted by atomic mass is 10.1. The van der Waals surface area contributed by atoms with Crippen LogP contribution in [0.4, 0.5) is 5.69 Å². The number of anilines is 1. The van der Waals surface area contributed by atoms with Gasteiger partial charge < -0.3 is 24.8 Å². The smallest absolute Gasteiger partial charge is 0.261 e. The van der Waals surface area contributed by atoms with E-state index in [1.807, 2.05) is 54.6 Å². The second-order valence-electron chi connectivity index (χ2n) is 9.90. The van der Waals surface area contributed by atoms with E-state index in [1.165, 1.54) is 6.07 Å². The van der Waals surface area contributed by atoms with E-state index >= 15 is 0 Å². The Kier molecular flexibility index (Phi) is 11.8. The molecule has 1 amide bonds. The summed E-state index contributed by atoms with van der Waals surface area (Å²) in [6.07, 6.45) is 0.868. The molecule has 0 atom stereocenters. The molecule has 1 fully saturated rings. The molecule has 4 aromatic rings. The van der Waals surface area contributed by atoms with E-state index in [4.69, 9.17) is 13.7 Å². The molecule has 4 N–H and O–H groups in total. The highest BCUT2D eigenvalue weighted by molar-refractivity contribution is 7.85. The van der Waals surface area contributed by atoms with Crippen LogP contribution in [0.15, 0.2) is 88.1 Å². The van der Waals surface area contributed by atoms with Gasteiger partial charge in [-0.15, -0.1) is 0 Å². The molecular weight excluding hydrogens is 574 g/mol. The van der Waals surface area contributed by atoms with Gasteiger partial charge in [-0.1, -0.05) is 54.6 Å². The van der Waals surface area contributed by atoms with Gasteiger partial charge in [-0.25, -0.2) is 0 Å². The first-order valence-electron chi connectivity index (χ1n) is 13.5. The molecule has 12 heteroatoms. The maximum Gasteiger partial charge on any atom is 0.261 e. The Balaban J connectivity index is 0.000000781. The Labute approximate surface area is 250 Å². The van der Waals surface area contributed by atoms with Crippen molar-refractivity contribution < 1.29 is 32.4 Å². The van der Waals surface area contributed by atoms with Crippen LogP contribution in [0, 0.1) is 0 Å². The number of benzene rings is 3. The van der Waals surface area contributed by atoms with Gasteiger partial charge in [-0.05, 0) is 18.2 Å². The number of para-hydroxylation sites is 3. The zero-order valence-corrected chi connectivity index (χ0v) is 25.0. The molecule has 0 unspecified atom stereocenters. The van der Waals surface area contributed by atoms with Crippen LogP contribution in [0.1, 0.15) is 5.56 Å². The number of nitrogens with zero attached hydrogens (tertiary/aromatic N) is 2. The number of nitrogens with one attached hydrogen (secondary N) is 1. The van der Waals surface area contributed by atoms with Gasteiger partial charge in [0.05, 0.1) is 30.9 Å². The lowest BCUT2D eigenvalue weighted by Gasteiger charge is -2.36. The fraction of sp³-hybridized carbons (Fsp3) is 0.290. The maximum atomic E-state index is 12.8. The Morgan fingerprint density at radius 3 is 2.30 bits per heavy atom. The van der Waals surface area contributed by atoms with Crippen LogP contribution in [0.5, 0.6) is 5.75 Å². The van der Waals surface area contributed by atoms with Crippen molar-refractivity contribution in [3.63, 3.8) is 0 Å². The number of amides is 1. The Morgan fingerprint density at radius 1 is 0.977 bits per heavy atom. The second-order valence-corrected chi connectivity index (χ2v) is 11.4. The number of ether oxygens (including phenoxy) is 1. The Hall–Kier alpha value is -4.23. The molecule has 5 rings (SSSR count). The summed E-state index contributed by atoms with van der Waals surface area (Å²) in [5.41, 5.74) is 3.00. The van der Waals surface area contributed by atoms with Crippen LogP contribution >= 0.6 is 0 Å². The predicted molar refractivity (Wildman–Crippen MR) is 167 cm³/mol. The van der Waals surface area contributed by atoms with Crippen LogP contribution in [-0.4, -0.2) is 81.9 Å². The van der Waals surface area contributed by atoms with Gasteiger partial charge in [0.1, 0.15) is 17.1 Å². The normalized spacial score (nSPS) is 13.4. The number of rotatable bonds is 8. The maximum absolute atomic E-state index is 12.8. The average Bonchev–Trinajstić information content (AvgIpc) is 2.97. The average molecular weight is 612 g/mol. The van der Waals surface area contributed by atoms with Crippen molar-refractivity contribution in [3.8, 4) is 17.1 Å². The highest BCUT2D eigenvalue weighted by Crippen LogP contribution is 2.28. The minimum Gasteiger partial charge on any atom is -0.495 e. The molecule has 1 aromatic heterocycles. The summed E-state index contributed by atoms with van der Waals surface area (Å²) in [7, 11) is -1.97. The number of fused-ring (bicyclic) bond motifs is 1. The van der Waals surface area contributed by atoms with E-state index < -0.39 is 10.1 Å². The Morgan fingerprint density at radius 2 is 1.63 bits per heavy atom. The predicted octanol–water partition coefficient (Wildman–Crippen LogP) is 2.63. The van der Waals surface area contributed by atoms with E-state index in [2.05, 4.69) is 21.2 Å². The molecule has 1 aliphatic heterocycles. The van der Waals surface area contributed by atoms with Gasteiger partial charge in [0.2, 0.25) is 5.91 Å². The van der Waals surface area contributed by atoms with Gasteiger partial charge >= 0.3 is 0 Å². The lowest BCUT2D eigenvalue weighted by molar-refractivity contribution is -0.120. The summed E-state index contributed by atoms with van der Waals surface area (Å²) in [5, 5.41) is 3.52. The number of carbonyl (C=O) groups is 1. The number of carbonyl (C=O) groups excluding carboxylic acids is 1. The summed E-state index contributed by atoms with van der Waals surface area (Å²) >= 11 is 0. The number of methoxy groups -OCH3 is 1. The standard InChI is InChI=1S/C30H31N3O4.CH4O3S.H2O/c1-36-27-13-6-5-12-25(27)33-18-16-32(17-19-33)15-14-31-29(35)20-23-10-7-11-24-26(34)21-28(37-30(23)24)22-8-3-2-4-9-22;1-5(2,3)4;/h2-13,21H,14-20H2,1H3,(H,31,35);1H3,(H,2,3,4);1H2. The lowest BCUT2D eigenvalue weighted by Crippen LogP contribution is -2.48. The topological polar surface area (TPSA) is 161 Å². The molecule has 11 nitrogen and oxygen atoms in total. The van der Waals surface area contributed by atoms with E-state index in [-0.39, 0.29) is 23.2 Å². The molecule has 0 spiro atoms. The van der Waals surface area contributed by atoms with E-state index in [0.29, 0.717) is 35.1 Å². The summed E-state index contributed by atoms with van der Waals surface area (Å²) in [6, 6.07) is 24.5. The van der Waals surface area contributed by atoms with Crippen molar-refractivity contribution in [2.45, 2.75) is 6.42 Å². The van der Waals surface area contributed by atoms with Crippen LogP contribution in [-0.2, 0) is 21.3 Å². The summed E-state index contributed by atoms with van der Waals surface area (Å²) in [4.78, 5) is 30.2. The van der Waals surface area contributed by atoms with E-state index in [1.54, 1.807) is 19.2 Å². The monoisotopic (exact) mass is 611 g/mol. The van der Waals surface area contributed by atoms with Crippen molar-refractivity contribution in [1.82, 2.24) is 10.2 Å². The first kappa shape index (κ1) is 33.3. The fourth-order valence-electron chi connectivity index (χ4n) is 4.81. The zero-order chi connectivity index (χ0) is 30.1. The molecule has 0 radical (unpaired) electrons. The van der Waals surface area contributed by atoms with E-state index in [9.17, 15) is 18.0 Å². The zero-order valence-electron chi connectivity index (χ0n) is 24.2. The molecule has 3 aromatic carbocycles. The summed E-state index contributed by atoms with van der Waals surface area (Å²) in [5.74, 6) is 1.30. The summed E-state index contributed by atoms with van der Waals surface area (Å²) in [6.45, 7) is 5.02. The number of hydrogen-bond donors (Lipinski definition) is 2. The quantitative estimate of drug-likeness (QED) is 0.285. The summed E-state index contributed by atoms with van der Waals surface area (Å²) < 4.78 is 37.5. The van der Waals surface area contributed by atoms with Crippen molar-refractivity contribution in [2.75, 3.05) is 57.5 Å². The third-order valence-electron chi connectivity index (χ3n) is 6.79. The van der Waals surface area contributed by atoms with E-state index in [0.717, 1.165) is 49.7 Å². The minimum absolute atomic E-state index is 0. The largest absolute Gasteiger partial charge is 0.495 e.